The molecule has 2 rings (SSSR count). The summed E-state index contributed by atoms with van der Waals surface area (Å²) >= 11 is 0. The third-order valence-electron chi connectivity index (χ3n) is 6.88. The Bertz CT molecular complexity index is 1070. The quantitative estimate of drug-likeness (QED) is 0.154. The molecule has 6 atom stereocenters. The van der Waals surface area contributed by atoms with E-state index in [0.717, 1.165) is 11.1 Å². The number of carbonyl (C=O) groups excluding carboxylic acids is 2. The molecule has 0 bridgehead atoms. The van der Waals surface area contributed by atoms with Crippen LogP contribution in [0, 0.1) is 11.8 Å². The van der Waals surface area contributed by atoms with E-state index in [1.54, 1.807) is 88.4 Å². The second-order valence-electron chi connectivity index (χ2n) is 10.9. The van der Waals surface area contributed by atoms with Crippen LogP contribution in [0.25, 0.3) is 0 Å². The first-order valence-electron chi connectivity index (χ1n) is 13.8. The molecule has 8 N–H and O–H groups in total. The highest BCUT2D eigenvalue weighted by atomic mass is 16.4. The Kier molecular flexibility index (Phi) is 13.2. The predicted octanol–water partition coefficient (Wildman–Crippen LogP) is 1.75. The Labute approximate surface area is 245 Å². The van der Waals surface area contributed by atoms with Crippen LogP contribution in [0.5, 0.6) is 0 Å². The monoisotopic (exact) mass is 586 g/mol. The molecule has 2 aromatic carbocycles. The average Bonchev–Trinajstić information content (AvgIpc) is 2.93. The zero-order chi connectivity index (χ0) is 31.4. The fourth-order valence-electron chi connectivity index (χ4n) is 4.61. The minimum Gasteiger partial charge on any atom is -0.465 e. The van der Waals surface area contributed by atoms with Crippen molar-refractivity contribution in [3.63, 3.8) is 0 Å². The van der Waals surface area contributed by atoms with Crippen LogP contribution in [0.4, 0.5) is 9.59 Å². The lowest BCUT2D eigenvalue weighted by Crippen LogP contribution is -2.61. The van der Waals surface area contributed by atoms with Crippen LogP contribution in [-0.2, 0) is 22.4 Å². The van der Waals surface area contributed by atoms with Crippen LogP contribution in [0.1, 0.15) is 38.8 Å². The lowest BCUT2D eigenvalue weighted by atomic mass is 9.90. The van der Waals surface area contributed by atoms with E-state index >= 15 is 0 Å². The molecular weight excluding hydrogens is 544 g/mol. The first-order chi connectivity index (χ1) is 19.8. The number of carbonyl (C=O) groups is 4. The van der Waals surface area contributed by atoms with Gasteiger partial charge in [0.05, 0.1) is 12.1 Å². The molecule has 12 nitrogen and oxygen atoms in total. The van der Waals surface area contributed by atoms with Gasteiger partial charge in [0.1, 0.15) is 24.3 Å². The SMILES string of the molecule is CC(C)[C@H](NC(=O)O)C(=O)N[C@@H](Cc1ccccc1)[C@@H](O)[C@H](O)[C@H](Cc1ccccc1)NC(=O)[C@@H](NC(=O)O)C(C)C. The fraction of sp³-hybridized carbons (Fsp3) is 0.467. The van der Waals surface area contributed by atoms with Gasteiger partial charge < -0.3 is 41.7 Å². The largest absolute Gasteiger partial charge is 0.465 e. The standard InChI is InChI=1S/C30H42N4O8/c1-17(2)23(33-29(39)40)27(37)31-21(15-19-11-7-5-8-12-19)25(35)26(36)22(16-20-13-9-6-10-14-20)32-28(38)24(18(3)4)34-30(41)42/h5-14,17-18,21-26,33-36H,15-16H2,1-4H3,(H,31,37)(H,32,38)(H,39,40)(H,41,42)/t21-,22-,23-,24-,25+,26+/m0/s1. The van der Waals surface area contributed by atoms with Crippen molar-refractivity contribution in [2.75, 3.05) is 0 Å². The summed E-state index contributed by atoms with van der Waals surface area (Å²) in [6.45, 7) is 6.66. The maximum absolute atomic E-state index is 13.2. The molecule has 0 spiro atoms. The van der Waals surface area contributed by atoms with Gasteiger partial charge in [-0.05, 0) is 35.8 Å². The van der Waals surface area contributed by atoms with Gasteiger partial charge in [-0.15, -0.1) is 0 Å². The molecule has 0 saturated heterocycles. The molecule has 0 fully saturated rings. The summed E-state index contributed by atoms with van der Waals surface area (Å²) in [5.41, 5.74) is 1.46. The van der Waals surface area contributed by atoms with E-state index in [1.165, 1.54) is 0 Å². The van der Waals surface area contributed by atoms with Crippen LogP contribution in [-0.4, -0.2) is 80.8 Å². The third-order valence-corrected chi connectivity index (χ3v) is 6.88. The Morgan fingerprint density at radius 3 is 1.14 bits per heavy atom. The molecule has 0 unspecified atom stereocenters. The van der Waals surface area contributed by atoms with Crippen molar-refractivity contribution in [2.24, 2.45) is 11.8 Å². The molecule has 0 heterocycles. The zero-order valence-electron chi connectivity index (χ0n) is 24.2. The van der Waals surface area contributed by atoms with Gasteiger partial charge in [-0.2, -0.15) is 0 Å². The Morgan fingerprint density at radius 1 is 0.571 bits per heavy atom. The molecule has 0 aliphatic rings. The minimum atomic E-state index is -1.62. The number of benzene rings is 2. The van der Waals surface area contributed by atoms with Gasteiger partial charge in [-0.3, -0.25) is 9.59 Å². The Balaban J connectivity index is 2.41. The highest BCUT2D eigenvalue weighted by molar-refractivity contribution is 5.86. The van der Waals surface area contributed by atoms with Gasteiger partial charge in [0.25, 0.3) is 0 Å². The second-order valence-corrected chi connectivity index (χ2v) is 10.9. The van der Waals surface area contributed by atoms with E-state index in [0.29, 0.717) is 0 Å². The summed E-state index contributed by atoms with van der Waals surface area (Å²) in [5, 5.41) is 51.2. The molecule has 42 heavy (non-hydrogen) atoms. The number of hydrogen-bond donors (Lipinski definition) is 8. The molecular formula is C30H42N4O8. The summed E-state index contributed by atoms with van der Waals surface area (Å²) in [6.07, 6.45) is -5.83. The van der Waals surface area contributed by atoms with E-state index < -0.39 is 72.2 Å². The molecule has 0 aromatic heterocycles. The summed E-state index contributed by atoms with van der Waals surface area (Å²) < 4.78 is 0. The Hall–Kier alpha value is -4.16. The molecule has 0 saturated carbocycles. The first kappa shape index (κ1) is 34.0. The van der Waals surface area contributed by atoms with Gasteiger partial charge in [0.2, 0.25) is 11.8 Å². The van der Waals surface area contributed by atoms with Crippen molar-refractivity contribution in [2.45, 2.75) is 76.9 Å². The zero-order valence-corrected chi connectivity index (χ0v) is 24.2. The number of hydrogen-bond acceptors (Lipinski definition) is 6. The maximum Gasteiger partial charge on any atom is 0.405 e. The smallest absolute Gasteiger partial charge is 0.405 e. The second kappa shape index (κ2) is 16.3. The van der Waals surface area contributed by atoms with Crippen molar-refractivity contribution >= 4 is 24.0 Å². The fourth-order valence-corrected chi connectivity index (χ4v) is 4.61. The maximum atomic E-state index is 13.2. The number of aliphatic hydroxyl groups excluding tert-OH is 2. The van der Waals surface area contributed by atoms with Crippen molar-refractivity contribution in [3.05, 3.63) is 71.8 Å². The predicted molar refractivity (Wildman–Crippen MR) is 156 cm³/mol. The summed E-state index contributed by atoms with van der Waals surface area (Å²) in [7, 11) is 0. The number of aliphatic hydroxyl groups is 2. The lowest BCUT2D eigenvalue weighted by Gasteiger charge is -2.35. The molecule has 0 aliphatic carbocycles. The summed E-state index contributed by atoms with van der Waals surface area (Å²) in [4.78, 5) is 49.0. The van der Waals surface area contributed by atoms with Crippen molar-refractivity contribution in [1.82, 2.24) is 21.3 Å². The summed E-state index contributed by atoms with van der Waals surface area (Å²) in [6, 6.07) is 13.4. The number of carboxylic acid groups (broad SMARTS) is 2. The van der Waals surface area contributed by atoms with E-state index in [4.69, 9.17) is 0 Å². The molecule has 2 aromatic rings. The average molecular weight is 587 g/mol. The lowest BCUT2D eigenvalue weighted by molar-refractivity contribution is -0.129. The van der Waals surface area contributed by atoms with E-state index in [9.17, 15) is 39.6 Å². The topological polar surface area (TPSA) is 197 Å². The van der Waals surface area contributed by atoms with Crippen LogP contribution >= 0.6 is 0 Å². The molecule has 0 radical (unpaired) electrons. The normalized spacial score (nSPS) is 15.5. The van der Waals surface area contributed by atoms with Crippen LogP contribution in [0.3, 0.4) is 0 Å². The van der Waals surface area contributed by atoms with E-state index in [1.807, 2.05) is 0 Å². The summed E-state index contributed by atoms with van der Waals surface area (Å²) in [5.74, 6) is -2.21. The Morgan fingerprint density at radius 2 is 0.881 bits per heavy atom. The van der Waals surface area contributed by atoms with Gasteiger partial charge in [-0.25, -0.2) is 9.59 Å². The van der Waals surface area contributed by atoms with Crippen molar-refractivity contribution in [3.8, 4) is 0 Å². The number of amides is 4. The van der Waals surface area contributed by atoms with E-state index in [-0.39, 0.29) is 12.8 Å². The van der Waals surface area contributed by atoms with Crippen molar-refractivity contribution < 1.29 is 39.6 Å². The van der Waals surface area contributed by atoms with Crippen LogP contribution in [0.2, 0.25) is 0 Å². The molecule has 230 valence electrons. The molecule has 12 heteroatoms. The third kappa shape index (κ3) is 10.7. The van der Waals surface area contributed by atoms with Crippen LogP contribution < -0.4 is 21.3 Å². The van der Waals surface area contributed by atoms with Gasteiger partial charge >= 0.3 is 12.2 Å². The number of nitrogens with one attached hydrogen (secondary N) is 4. The number of rotatable bonds is 15. The highest BCUT2D eigenvalue weighted by Gasteiger charge is 2.37. The van der Waals surface area contributed by atoms with Crippen LogP contribution in [0.15, 0.2) is 60.7 Å². The molecule has 4 amide bonds. The minimum absolute atomic E-state index is 0.0872. The van der Waals surface area contributed by atoms with Gasteiger partial charge in [0, 0.05) is 0 Å². The van der Waals surface area contributed by atoms with Gasteiger partial charge in [-0.1, -0.05) is 88.4 Å². The molecule has 0 aliphatic heterocycles. The van der Waals surface area contributed by atoms with Gasteiger partial charge in [0.15, 0.2) is 0 Å². The first-order valence-corrected chi connectivity index (χ1v) is 13.8. The van der Waals surface area contributed by atoms with E-state index in [2.05, 4.69) is 21.3 Å². The van der Waals surface area contributed by atoms with Crippen molar-refractivity contribution in [1.29, 1.82) is 0 Å². The highest BCUT2D eigenvalue weighted by Crippen LogP contribution is 2.16.